The number of rotatable bonds is 4. The summed E-state index contributed by atoms with van der Waals surface area (Å²) < 4.78 is 31.0. The number of aromatic nitrogens is 1. The van der Waals surface area contributed by atoms with Crippen molar-refractivity contribution in [3.05, 3.63) is 23.9 Å². The minimum Gasteiger partial charge on any atom is -0.378 e. The first-order valence-corrected chi connectivity index (χ1v) is 6.07. The van der Waals surface area contributed by atoms with Gasteiger partial charge < -0.3 is 15.0 Å². The fourth-order valence-corrected chi connectivity index (χ4v) is 1.80. The van der Waals surface area contributed by atoms with Crippen molar-refractivity contribution < 1.29 is 18.3 Å². The molecule has 1 fully saturated rings. The van der Waals surface area contributed by atoms with Crippen molar-refractivity contribution in [2.75, 3.05) is 38.2 Å². The molecule has 0 spiro atoms. The lowest BCUT2D eigenvalue weighted by atomic mass is 10.3. The van der Waals surface area contributed by atoms with Gasteiger partial charge in [0.05, 0.1) is 19.4 Å². The van der Waals surface area contributed by atoms with E-state index in [0.717, 1.165) is 12.3 Å². The lowest BCUT2D eigenvalue weighted by Gasteiger charge is -2.26. The summed E-state index contributed by atoms with van der Waals surface area (Å²) in [5, 5.41) is 2.68. The molecule has 1 amide bonds. The third kappa shape index (κ3) is 3.85. The average molecular weight is 271 g/mol. The van der Waals surface area contributed by atoms with Gasteiger partial charge in [0.25, 0.3) is 0 Å². The normalized spacial score (nSPS) is 15.4. The zero-order chi connectivity index (χ0) is 13.7. The van der Waals surface area contributed by atoms with Gasteiger partial charge >= 0.3 is 0 Å². The van der Waals surface area contributed by atoms with E-state index in [1.54, 1.807) is 4.90 Å². The Morgan fingerprint density at radius 3 is 2.84 bits per heavy atom. The number of nitrogens with one attached hydrogen (secondary N) is 1. The summed E-state index contributed by atoms with van der Waals surface area (Å²) in [6.45, 7) is 2.52. The van der Waals surface area contributed by atoms with Gasteiger partial charge in [0.1, 0.15) is 5.82 Å². The predicted molar refractivity (Wildman–Crippen MR) is 64.7 cm³/mol. The number of morpholine rings is 1. The topological polar surface area (TPSA) is 54.5 Å². The second kappa shape index (κ2) is 6.42. The van der Waals surface area contributed by atoms with Crippen LogP contribution in [0.15, 0.2) is 12.3 Å². The Morgan fingerprint density at radius 2 is 2.16 bits per heavy atom. The van der Waals surface area contributed by atoms with Crippen LogP contribution in [0.2, 0.25) is 0 Å². The summed E-state index contributed by atoms with van der Waals surface area (Å²) in [5.41, 5.74) is 0. The Morgan fingerprint density at radius 1 is 1.42 bits per heavy atom. The van der Waals surface area contributed by atoms with Crippen LogP contribution in [-0.4, -0.2) is 48.6 Å². The van der Waals surface area contributed by atoms with E-state index in [9.17, 15) is 13.6 Å². The molecule has 1 aromatic rings. The van der Waals surface area contributed by atoms with E-state index in [1.807, 2.05) is 0 Å². The molecular weight excluding hydrogens is 256 g/mol. The zero-order valence-electron chi connectivity index (χ0n) is 10.4. The van der Waals surface area contributed by atoms with Crippen LogP contribution >= 0.6 is 0 Å². The number of anilines is 1. The SMILES string of the molecule is O=C(CCNc1ncc(F)cc1F)N1CCOCC1. The van der Waals surface area contributed by atoms with Crippen molar-refractivity contribution in [3.8, 4) is 0 Å². The molecule has 1 aliphatic rings. The van der Waals surface area contributed by atoms with Crippen molar-refractivity contribution >= 4 is 11.7 Å². The van der Waals surface area contributed by atoms with Crippen LogP contribution in [0.25, 0.3) is 0 Å². The van der Waals surface area contributed by atoms with E-state index in [1.165, 1.54) is 0 Å². The van der Waals surface area contributed by atoms with Gasteiger partial charge in [0, 0.05) is 32.1 Å². The van der Waals surface area contributed by atoms with Gasteiger partial charge in [-0.05, 0) is 0 Å². The number of pyridine rings is 1. The third-order valence-corrected chi connectivity index (χ3v) is 2.80. The van der Waals surface area contributed by atoms with Gasteiger partial charge in [-0.2, -0.15) is 0 Å². The van der Waals surface area contributed by atoms with Crippen molar-refractivity contribution in [2.24, 2.45) is 0 Å². The van der Waals surface area contributed by atoms with E-state index in [4.69, 9.17) is 4.74 Å². The van der Waals surface area contributed by atoms with Crippen LogP contribution in [0.5, 0.6) is 0 Å². The molecule has 0 saturated carbocycles. The summed E-state index contributed by atoms with van der Waals surface area (Å²) in [6, 6.07) is 0.749. The van der Waals surface area contributed by atoms with Crippen LogP contribution in [0.3, 0.4) is 0 Å². The van der Waals surface area contributed by atoms with E-state index in [-0.39, 0.29) is 24.7 Å². The zero-order valence-corrected chi connectivity index (χ0v) is 10.4. The number of amides is 1. The quantitative estimate of drug-likeness (QED) is 0.888. The van der Waals surface area contributed by atoms with Gasteiger partial charge in [0.15, 0.2) is 11.6 Å². The van der Waals surface area contributed by atoms with E-state index in [2.05, 4.69) is 10.3 Å². The van der Waals surface area contributed by atoms with Crippen LogP contribution in [0.4, 0.5) is 14.6 Å². The predicted octanol–water partition coefficient (Wildman–Crippen LogP) is 1.02. The van der Waals surface area contributed by atoms with Crippen molar-refractivity contribution in [1.82, 2.24) is 9.88 Å². The van der Waals surface area contributed by atoms with Crippen molar-refractivity contribution in [3.63, 3.8) is 0 Å². The fraction of sp³-hybridized carbons (Fsp3) is 0.500. The Bertz CT molecular complexity index is 451. The standard InChI is InChI=1S/C12H15F2N3O2/c13-9-7-10(14)12(16-8-9)15-2-1-11(18)17-3-5-19-6-4-17/h7-8H,1-6H2,(H,15,16). The second-order valence-corrected chi connectivity index (χ2v) is 4.15. The highest BCUT2D eigenvalue weighted by atomic mass is 19.1. The molecule has 5 nitrogen and oxygen atoms in total. The van der Waals surface area contributed by atoms with E-state index < -0.39 is 11.6 Å². The minimum absolute atomic E-state index is 0.0154. The average Bonchev–Trinajstić information content (AvgIpc) is 2.42. The van der Waals surface area contributed by atoms with Crippen molar-refractivity contribution in [1.29, 1.82) is 0 Å². The first-order chi connectivity index (χ1) is 9.16. The maximum absolute atomic E-state index is 13.3. The smallest absolute Gasteiger partial charge is 0.224 e. The molecule has 2 heterocycles. The second-order valence-electron chi connectivity index (χ2n) is 4.15. The highest BCUT2D eigenvalue weighted by Gasteiger charge is 2.16. The first kappa shape index (κ1) is 13.7. The number of hydrogen-bond donors (Lipinski definition) is 1. The molecule has 0 atom stereocenters. The maximum Gasteiger partial charge on any atom is 0.224 e. The van der Waals surface area contributed by atoms with Crippen LogP contribution in [0, 0.1) is 11.6 Å². The van der Waals surface area contributed by atoms with Crippen LogP contribution in [0.1, 0.15) is 6.42 Å². The Hall–Kier alpha value is -1.76. The molecule has 1 saturated heterocycles. The molecule has 7 heteroatoms. The lowest BCUT2D eigenvalue weighted by molar-refractivity contribution is -0.134. The third-order valence-electron chi connectivity index (χ3n) is 2.80. The van der Waals surface area contributed by atoms with Crippen molar-refractivity contribution in [2.45, 2.75) is 6.42 Å². The molecule has 104 valence electrons. The molecule has 0 unspecified atom stereocenters. The molecule has 1 aromatic heterocycles. The monoisotopic (exact) mass is 271 g/mol. The highest BCUT2D eigenvalue weighted by molar-refractivity contribution is 5.76. The molecule has 0 aliphatic carbocycles. The van der Waals surface area contributed by atoms with Gasteiger partial charge in [-0.15, -0.1) is 0 Å². The summed E-state index contributed by atoms with van der Waals surface area (Å²) in [6.07, 6.45) is 1.16. The maximum atomic E-state index is 13.3. The van der Waals surface area contributed by atoms with E-state index in [0.29, 0.717) is 26.3 Å². The number of nitrogens with zero attached hydrogens (tertiary/aromatic N) is 2. The molecule has 1 aliphatic heterocycles. The Kier molecular flexibility index (Phi) is 4.62. The number of carbonyl (C=O) groups is 1. The lowest BCUT2D eigenvalue weighted by Crippen LogP contribution is -2.41. The number of halogens is 2. The highest BCUT2D eigenvalue weighted by Crippen LogP contribution is 2.11. The van der Waals surface area contributed by atoms with Gasteiger partial charge in [0.2, 0.25) is 5.91 Å². The molecule has 19 heavy (non-hydrogen) atoms. The number of carbonyl (C=O) groups excluding carboxylic acids is 1. The summed E-state index contributed by atoms with van der Waals surface area (Å²) in [5.74, 6) is -1.55. The molecule has 0 bridgehead atoms. The Labute approximate surface area is 109 Å². The van der Waals surface area contributed by atoms with Gasteiger partial charge in [-0.25, -0.2) is 13.8 Å². The number of ether oxygens (including phenoxy) is 1. The minimum atomic E-state index is -0.765. The first-order valence-electron chi connectivity index (χ1n) is 6.07. The molecule has 1 N–H and O–H groups in total. The summed E-state index contributed by atoms with van der Waals surface area (Å²) in [4.78, 5) is 17.1. The molecule has 0 aromatic carbocycles. The van der Waals surface area contributed by atoms with E-state index >= 15 is 0 Å². The molecule has 2 rings (SSSR count). The van der Waals surface area contributed by atoms with Crippen LogP contribution in [-0.2, 0) is 9.53 Å². The number of hydrogen-bond acceptors (Lipinski definition) is 4. The Balaban J connectivity index is 1.78. The summed E-state index contributed by atoms with van der Waals surface area (Å²) in [7, 11) is 0. The fourth-order valence-electron chi connectivity index (χ4n) is 1.80. The molecule has 0 radical (unpaired) electrons. The van der Waals surface area contributed by atoms with Gasteiger partial charge in [-0.1, -0.05) is 0 Å². The van der Waals surface area contributed by atoms with Crippen LogP contribution < -0.4 is 5.32 Å². The largest absolute Gasteiger partial charge is 0.378 e. The molecular formula is C12H15F2N3O2. The summed E-state index contributed by atoms with van der Waals surface area (Å²) >= 11 is 0. The van der Waals surface area contributed by atoms with Gasteiger partial charge in [-0.3, -0.25) is 4.79 Å².